The molecule has 0 bridgehead atoms. The number of amides is 6. The van der Waals surface area contributed by atoms with Crippen molar-refractivity contribution in [3.8, 4) is 0 Å². The molecule has 310 valence electrons. The minimum Gasteiger partial charge on any atom is -0.458 e. The molecule has 6 rings (SSSR count). The van der Waals surface area contributed by atoms with E-state index in [1.165, 1.54) is 30.0 Å². The fourth-order valence-corrected chi connectivity index (χ4v) is 8.26. The summed E-state index contributed by atoms with van der Waals surface area (Å²) in [7, 11) is -4.01. The molecule has 1 unspecified atom stereocenters. The number of hydrogen-bond donors (Lipinski definition) is 4. The summed E-state index contributed by atoms with van der Waals surface area (Å²) in [6.07, 6.45) is -3.08. The Morgan fingerprint density at radius 1 is 1.12 bits per heavy atom. The second-order valence-corrected chi connectivity index (χ2v) is 17.7. The molecule has 6 amide bonds. The van der Waals surface area contributed by atoms with E-state index in [4.69, 9.17) is 18.9 Å². The van der Waals surface area contributed by atoms with Gasteiger partial charge in [-0.05, 0) is 58.6 Å². The van der Waals surface area contributed by atoms with E-state index in [0.29, 0.717) is 24.0 Å². The number of rotatable bonds is 12. The molecule has 1 aromatic carbocycles. The summed E-state index contributed by atoms with van der Waals surface area (Å²) in [6, 6.07) is 0.227. The van der Waals surface area contributed by atoms with Gasteiger partial charge < -0.3 is 39.8 Å². The normalized spacial score (nSPS) is 26.8. The number of nitrogens with zero attached hydrogens (tertiary/aromatic N) is 2. The molecule has 4 fully saturated rings. The maximum Gasteiger partial charge on any atom is 0.410 e. The first-order valence-electron chi connectivity index (χ1n) is 18.4. The topological polar surface area (TPSA) is 245 Å². The Morgan fingerprint density at radius 2 is 1.84 bits per heavy atom. The number of carbonyl (C=O) groups is 7. The third-order valence-electron chi connectivity index (χ3n) is 10.2. The van der Waals surface area contributed by atoms with Gasteiger partial charge in [0.2, 0.25) is 21.8 Å². The molecule has 0 aromatic heterocycles. The van der Waals surface area contributed by atoms with E-state index in [0.717, 1.165) is 4.90 Å². The molecule has 21 heteroatoms. The number of esters is 1. The Morgan fingerprint density at radius 3 is 2.44 bits per heavy atom. The minimum atomic E-state index is -4.01. The SMILES string of the molecule is C=C[C@@H]1C[C@]1(NC(=O)[C@@H]1CC(OC(=O)N2Cc3cccc(F)c3C2)CN1C(=O)[C@H](COC(=O)N[C@@H]1C(=O)O[C@@H]1C)NC(=O)OC(C)(C)C)C(=O)NS(=O)(=O)C1CC1. The van der Waals surface area contributed by atoms with Crippen molar-refractivity contribution in [3.63, 3.8) is 0 Å². The molecule has 3 heterocycles. The first kappa shape index (κ1) is 41.2. The lowest BCUT2D eigenvalue weighted by Gasteiger charge is -2.32. The van der Waals surface area contributed by atoms with Gasteiger partial charge in [0.15, 0.2) is 6.04 Å². The molecule has 3 aliphatic heterocycles. The number of hydrogen-bond acceptors (Lipinski definition) is 13. The fraction of sp³-hybridized carbons (Fsp3) is 0.583. The Balaban J connectivity index is 1.23. The van der Waals surface area contributed by atoms with Gasteiger partial charge in [0, 0.05) is 24.4 Å². The smallest absolute Gasteiger partial charge is 0.410 e. The number of fused-ring (bicyclic) bond motifs is 1. The van der Waals surface area contributed by atoms with Gasteiger partial charge in [-0.15, -0.1) is 6.58 Å². The largest absolute Gasteiger partial charge is 0.458 e. The highest BCUT2D eigenvalue weighted by atomic mass is 32.2. The van der Waals surface area contributed by atoms with Crippen molar-refractivity contribution >= 4 is 52.0 Å². The van der Waals surface area contributed by atoms with Crippen molar-refractivity contribution in [1.29, 1.82) is 0 Å². The van der Waals surface area contributed by atoms with Crippen LogP contribution >= 0.6 is 0 Å². The highest BCUT2D eigenvalue weighted by molar-refractivity contribution is 7.91. The van der Waals surface area contributed by atoms with Crippen LogP contribution in [0.4, 0.5) is 18.8 Å². The summed E-state index contributed by atoms with van der Waals surface area (Å²) >= 11 is 0. The molecule has 19 nitrogen and oxygen atoms in total. The van der Waals surface area contributed by atoms with Crippen LogP contribution in [0, 0.1) is 11.7 Å². The van der Waals surface area contributed by atoms with Gasteiger partial charge in [-0.2, -0.15) is 0 Å². The van der Waals surface area contributed by atoms with Crippen molar-refractivity contribution in [1.82, 2.24) is 30.5 Å². The van der Waals surface area contributed by atoms with Crippen molar-refractivity contribution in [2.24, 2.45) is 5.92 Å². The van der Waals surface area contributed by atoms with E-state index in [1.807, 2.05) is 4.72 Å². The third kappa shape index (κ3) is 9.07. The number of halogens is 1. The predicted octanol–water partition coefficient (Wildman–Crippen LogP) is 0.850. The van der Waals surface area contributed by atoms with Crippen molar-refractivity contribution in [2.75, 3.05) is 13.2 Å². The van der Waals surface area contributed by atoms with Crippen LogP contribution in [-0.4, -0.2) is 120 Å². The van der Waals surface area contributed by atoms with Gasteiger partial charge >= 0.3 is 24.2 Å². The molecule has 2 saturated heterocycles. The molecule has 1 aromatic rings. The second-order valence-electron chi connectivity index (χ2n) is 15.7. The molecule has 2 aliphatic carbocycles. The van der Waals surface area contributed by atoms with Crippen molar-refractivity contribution in [2.45, 2.75) is 113 Å². The highest BCUT2D eigenvalue weighted by Crippen LogP contribution is 2.45. The van der Waals surface area contributed by atoms with Gasteiger partial charge in [0.1, 0.15) is 47.9 Å². The summed E-state index contributed by atoms with van der Waals surface area (Å²) in [5.41, 5.74) is -1.88. The monoisotopic (exact) mass is 820 g/mol. The van der Waals surface area contributed by atoms with Crippen molar-refractivity contribution in [3.05, 3.63) is 47.8 Å². The van der Waals surface area contributed by atoms with E-state index < -0.39 is 124 Å². The molecule has 5 aliphatic rings. The minimum absolute atomic E-state index is 0.00164. The van der Waals surface area contributed by atoms with Gasteiger partial charge in [0.25, 0.3) is 5.91 Å². The number of cyclic esters (lactones) is 1. The molecular formula is C36H45FN6O13S. The van der Waals surface area contributed by atoms with Crippen LogP contribution in [0.25, 0.3) is 0 Å². The standard InChI is InChI=1S/C36H45FN6O13S/c1-6-20-13-36(20,31(47)41-57(51,52)22-10-11-22)40-28(44)26-12-21(55-34(50)42-14-19-8-7-9-24(37)23(19)16-42)15-43(26)29(45)25(38-33(49)56-35(3,4)5)17-53-32(48)39-27-18(2)54-30(27)46/h6-9,18,20-22,25-27H,1,10-17H2,2-5H3,(H,38,49)(H,39,48)(H,40,44)(H,41,47)/t18-,20-,21?,25+,26+,27+,36-/m1/s1. The number of sulfonamides is 1. The Kier molecular flexibility index (Phi) is 11.2. The summed E-state index contributed by atoms with van der Waals surface area (Å²) in [5, 5.41) is 6.51. The molecule has 0 radical (unpaired) electrons. The number of nitrogens with one attached hydrogen (secondary N) is 4. The highest BCUT2D eigenvalue weighted by Gasteiger charge is 2.62. The van der Waals surface area contributed by atoms with Crippen LogP contribution in [-0.2, 0) is 61.2 Å². The first-order valence-corrected chi connectivity index (χ1v) is 19.9. The van der Waals surface area contributed by atoms with Gasteiger partial charge in [-0.3, -0.25) is 24.0 Å². The first-order chi connectivity index (χ1) is 26.7. The maximum atomic E-state index is 14.5. The second kappa shape index (κ2) is 15.5. The number of carbonyl (C=O) groups excluding carboxylic acids is 7. The Hall–Kier alpha value is -5.47. The molecule has 57 heavy (non-hydrogen) atoms. The number of ether oxygens (including phenoxy) is 4. The average Bonchev–Trinajstić information content (AvgIpc) is 4.02. The lowest BCUT2D eigenvalue weighted by molar-refractivity contribution is -0.174. The molecule has 2 saturated carbocycles. The van der Waals surface area contributed by atoms with Gasteiger partial charge in [0.05, 0.1) is 18.3 Å². The molecule has 7 atom stereocenters. The van der Waals surface area contributed by atoms with E-state index >= 15 is 0 Å². The van der Waals surface area contributed by atoms with Crippen LogP contribution < -0.4 is 20.7 Å². The predicted molar refractivity (Wildman–Crippen MR) is 192 cm³/mol. The van der Waals surface area contributed by atoms with E-state index in [1.54, 1.807) is 26.8 Å². The summed E-state index contributed by atoms with van der Waals surface area (Å²) < 4.78 is 62.9. The van der Waals surface area contributed by atoms with Crippen LogP contribution in [0.5, 0.6) is 0 Å². The number of alkyl carbamates (subject to hydrolysis) is 2. The summed E-state index contributed by atoms with van der Waals surface area (Å²) in [4.78, 5) is 94.9. The lowest BCUT2D eigenvalue weighted by Crippen LogP contribution is -2.60. The lowest BCUT2D eigenvalue weighted by atomic mass is 10.1. The quantitative estimate of drug-likeness (QED) is 0.130. The molecule has 0 spiro atoms. The zero-order valence-electron chi connectivity index (χ0n) is 31.7. The Bertz CT molecular complexity index is 1990. The molecule has 4 N–H and O–H groups in total. The number of likely N-dealkylation sites (tertiary alicyclic amines) is 1. The third-order valence-corrected chi connectivity index (χ3v) is 12.0. The Labute approximate surface area is 327 Å². The number of benzene rings is 1. The zero-order valence-corrected chi connectivity index (χ0v) is 32.5. The van der Waals surface area contributed by atoms with E-state index in [2.05, 4.69) is 22.5 Å². The van der Waals surface area contributed by atoms with Crippen molar-refractivity contribution < 1.29 is 65.3 Å². The van der Waals surface area contributed by atoms with Crippen LogP contribution in [0.2, 0.25) is 0 Å². The van der Waals surface area contributed by atoms with Gasteiger partial charge in [-0.1, -0.05) is 18.2 Å². The van der Waals surface area contributed by atoms with E-state index in [9.17, 15) is 46.4 Å². The average molecular weight is 821 g/mol. The maximum absolute atomic E-state index is 14.5. The van der Waals surface area contributed by atoms with Crippen LogP contribution in [0.15, 0.2) is 30.9 Å². The summed E-state index contributed by atoms with van der Waals surface area (Å²) in [5.74, 6) is -4.78. The van der Waals surface area contributed by atoms with E-state index in [-0.39, 0.29) is 25.9 Å². The van der Waals surface area contributed by atoms with Crippen LogP contribution in [0.3, 0.4) is 0 Å². The van der Waals surface area contributed by atoms with Gasteiger partial charge in [-0.25, -0.2) is 32.0 Å². The van der Waals surface area contributed by atoms with Crippen LogP contribution in [0.1, 0.15) is 64.5 Å². The fourth-order valence-electron chi connectivity index (χ4n) is 6.89. The zero-order chi connectivity index (χ0) is 41.6. The summed E-state index contributed by atoms with van der Waals surface area (Å²) in [6.45, 7) is 8.60. The molecular weight excluding hydrogens is 775 g/mol.